The lowest BCUT2D eigenvalue weighted by Crippen LogP contribution is -2.41. The molecule has 1 aliphatic rings. The van der Waals surface area contributed by atoms with Gasteiger partial charge in [0.2, 0.25) is 12.7 Å². The molecule has 0 saturated carbocycles. The van der Waals surface area contributed by atoms with Crippen LogP contribution in [0.5, 0.6) is 0 Å². The molecule has 2 unspecified atom stereocenters. The normalized spacial score (nSPS) is 18.8. The van der Waals surface area contributed by atoms with Crippen molar-refractivity contribution >= 4 is 58.0 Å². The van der Waals surface area contributed by atoms with Crippen LogP contribution in [0.3, 0.4) is 0 Å². The molecule has 0 aromatic heterocycles. The first-order valence-corrected chi connectivity index (χ1v) is 12.6. The van der Waals surface area contributed by atoms with E-state index in [4.69, 9.17) is 14.9 Å². The molecular weight excluding hydrogens is 492 g/mol. The van der Waals surface area contributed by atoms with Gasteiger partial charge in [-0.3, -0.25) is 19.2 Å². The largest absolute Gasteiger partial charge is 0.428 e. The highest BCUT2D eigenvalue weighted by molar-refractivity contribution is 8.15. The Kier molecular flexibility index (Phi) is 10.3. The highest BCUT2D eigenvalue weighted by Crippen LogP contribution is 2.31. The number of aliphatic imine (C=N–C) groups is 1. The number of nitrogens with zero attached hydrogens (tertiary/aromatic N) is 2. The molecular formula is C23H30N4O6S2. The van der Waals surface area contributed by atoms with Crippen LogP contribution < -0.4 is 5.32 Å². The summed E-state index contributed by atoms with van der Waals surface area (Å²) in [4.78, 5) is 55.5. The van der Waals surface area contributed by atoms with E-state index in [-0.39, 0.29) is 24.9 Å². The Balaban J connectivity index is 1.83. The van der Waals surface area contributed by atoms with Gasteiger partial charge >= 0.3 is 11.9 Å². The van der Waals surface area contributed by atoms with Crippen molar-refractivity contribution in [2.75, 3.05) is 20.4 Å². The first-order valence-electron chi connectivity index (χ1n) is 10.8. The number of thioether (sulfide) groups is 2. The Morgan fingerprint density at radius 3 is 2.46 bits per heavy atom. The second kappa shape index (κ2) is 12.7. The third-order valence-corrected chi connectivity index (χ3v) is 7.10. The molecule has 10 nitrogen and oxygen atoms in total. The zero-order chi connectivity index (χ0) is 26.2. The third kappa shape index (κ3) is 8.39. The molecule has 0 spiro atoms. The second-order valence-electron chi connectivity index (χ2n) is 8.71. The summed E-state index contributed by atoms with van der Waals surface area (Å²) in [6, 6.07) is 6.56. The number of amidine groups is 1. The lowest BCUT2D eigenvalue weighted by Gasteiger charge is -2.19. The predicted molar refractivity (Wildman–Crippen MR) is 136 cm³/mol. The second-order valence-corrected chi connectivity index (χ2v) is 10.8. The molecule has 2 amide bonds. The predicted octanol–water partition coefficient (Wildman–Crippen LogP) is 2.91. The van der Waals surface area contributed by atoms with E-state index in [2.05, 4.69) is 10.3 Å². The van der Waals surface area contributed by atoms with Crippen LogP contribution in [0.2, 0.25) is 0 Å². The lowest BCUT2D eigenvalue weighted by atomic mass is 9.98. The summed E-state index contributed by atoms with van der Waals surface area (Å²) in [5.74, 6) is -1.79. The SMILES string of the molecule is CC1C(C(=O)NCCC(=O)OCOC(=O)C(C)(C)C)SC(=NC(=O)c2ccc(SC=N)cc2)N1C. The molecule has 190 valence electrons. The van der Waals surface area contributed by atoms with E-state index in [1.165, 1.54) is 29.1 Å². The summed E-state index contributed by atoms with van der Waals surface area (Å²) in [7, 11) is 1.76. The minimum absolute atomic E-state index is 0.0594. The van der Waals surface area contributed by atoms with Crippen LogP contribution in [0.1, 0.15) is 44.5 Å². The number of ether oxygens (including phenoxy) is 2. The number of amides is 2. The molecule has 1 saturated heterocycles. The fourth-order valence-corrected chi connectivity index (χ4v) is 4.47. The number of benzene rings is 1. The number of carbonyl (C=O) groups excluding carboxylic acids is 4. The summed E-state index contributed by atoms with van der Waals surface area (Å²) >= 11 is 2.42. The van der Waals surface area contributed by atoms with Crippen LogP contribution in [-0.2, 0) is 23.9 Å². The molecule has 0 aliphatic carbocycles. The van der Waals surface area contributed by atoms with Gasteiger partial charge in [-0.25, -0.2) is 0 Å². The Hall–Kier alpha value is -2.86. The van der Waals surface area contributed by atoms with Gasteiger partial charge in [0.15, 0.2) is 5.17 Å². The van der Waals surface area contributed by atoms with Crippen molar-refractivity contribution in [3.05, 3.63) is 29.8 Å². The summed E-state index contributed by atoms with van der Waals surface area (Å²) in [6.07, 6.45) is -0.0773. The quantitative estimate of drug-likeness (QED) is 0.165. The van der Waals surface area contributed by atoms with E-state index in [1.807, 2.05) is 6.92 Å². The van der Waals surface area contributed by atoms with Gasteiger partial charge < -0.3 is 25.1 Å². The summed E-state index contributed by atoms with van der Waals surface area (Å²) in [5, 5.41) is 9.73. The molecule has 1 aromatic carbocycles. The number of carbonyl (C=O) groups is 4. The molecule has 2 atom stereocenters. The van der Waals surface area contributed by atoms with E-state index in [0.717, 1.165) is 4.90 Å². The van der Waals surface area contributed by atoms with Crippen molar-refractivity contribution in [1.82, 2.24) is 10.2 Å². The molecule has 1 heterocycles. The summed E-state index contributed by atoms with van der Waals surface area (Å²) in [5.41, 5.74) is 0.927. The van der Waals surface area contributed by atoms with E-state index in [1.54, 1.807) is 57.0 Å². The van der Waals surface area contributed by atoms with Crippen molar-refractivity contribution in [2.45, 2.75) is 50.3 Å². The maximum Gasteiger partial charge on any atom is 0.314 e. The maximum absolute atomic E-state index is 12.7. The van der Waals surface area contributed by atoms with Crippen molar-refractivity contribution in [3.8, 4) is 0 Å². The molecule has 1 aliphatic heterocycles. The molecule has 0 radical (unpaired) electrons. The van der Waals surface area contributed by atoms with Gasteiger partial charge in [-0.05, 0) is 52.0 Å². The molecule has 12 heteroatoms. The van der Waals surface area contributed by atoms with Crippen LogP contribution in [0.15, 0.2) is 34.2 Å². The van der Waals surface area contributed by atoms with Crippen molar-refractivity contribution < 1.29 is 28.7 Å². The van der Waals surface area contributed by atoms with Gasteiger partial charge in [-0.2, -0.15) is 4.99 Å². The van der Waals surface area contributed by atoms with Crippen LogP contribution >= 0.6 is 23.5 Å². The number of esters is 2. The minimum Gasteiger partial charge on any atom is -0.428 e. The van der Waals surface area contributed by atoms with Crippen molar-refractivity contribution in [3.63, 3.8) is 0 Å². The average Bonchev–Trinajstić information content (AvgIpc) is 3.07. The third-order valence-electron chi connectivity index (χ3n) is 4.99. The highest BCUT2D eigenvalue weighted by atomic mass is 32.2. The van der Waals surface area contributed by atoms with E-state index >= 15 is 0 Å². The van der Waals surface area contributed by atoms with E-state index in [9.17, 15) is 19.2 Å². The van der Waals surface area contributed by atoms with Crippen molar-refractivity contribution in [1.29, 1.82) is 5.41 Å². The first kappa shape index (κ1) is 28.4. The van der Waals surface area contributed by atoms with Crippen LogP contribution in [0, 0.1) is 10.8 Å². The number of hydrogen-bond donors (Lipinski definition) is 2. The van der Waals surface area contributed by atoms with Gasteiger partial charge in [0.05, 0.1) is 17.4 Å². The molecule has 1 aromatic rings. The van der Waals surface area contributed by atoms with E-state index < -0.39 is 35.3 Å². The van der Waals surface area contributed by atoms with Crippen LogP contribution in [0.25, 0.3) is 0 Å². The molecule has 1 fully saturated rings. The first-order chi connectivity index (χ1) is 16.4. The minimum atomic E-state index is -0.693. The molecule has 2 rings (SSSR count). The Morgan fingerprint density at radius 2 is 1.86 bits per heavy atom. The topological polar surface area (TPSA) is 138 Å². The smallest absolute Gasteiger partial charge is 0.314 e. The molecule has 35 heavy (non-hydrogen) atoms. The number of nitrogens with one attached hydrogen (secondary N) is 2. The summed E-state index contributed by atoms with van der Waals surface area (Å²) in [6.45, 7) is 6.51. The van der Waals surface area contributed by atoms with Crippen molar-refractivity contribution in [2.24, 2.45) is 10.4 Å². The number of rotatable bonds is 9. The Labute approximate surface area is 213 Å². The monoisotopic (exact) mass is 522 g/mol. The van der Waals surface area contributed by atoms with Crippen LogP contribution in [0.4, 0.5) is 0 Å². The fourth-order valence-electron chi connectivity index (χ4n) is 2.77. The zero-order valence-electron chi connectivity index (χ0n) is 20.3. The average molecular weight is 523 g/mol. The van der Waals surface area contributed by atoms with Gasteiger partial charge in [0.1, 0.15) is 5.25 Å². The molecule has 0 bridgehead atoms. The zero-order valence-corrected chi connectivity index (χ0v) is 22.0. The van der Waals surface area contributed by atoms with Gasteiger partial charge in [-0.1, -0.05) is 23.5 Å². The van der Waals surface area contributed by atoms with E-state index in [0.29, 0.717) is 10.7 Å². The standard InChI is InChI=1S/C23H30N4O6S2/c1-14-18(20(30)25-11-10-17(28)32-13-33-21(31)23(2,3)4)35-22(27(14)5)26-19(29)15-6-8-16(9-7-15)34-12-24/h6-9,12,14,18,24H,10-11,13H2,1-5H3,(H,25,30). The van der Waals surface area contributed by atoms with Gasteiger partial charge in [-0.15, -0.1) is 0 Å². The number of hydrogen-bond acceptors (Lipinski definition) is 9. The van der Waals surface area contributed by atoms with Gasteiger partial charge in [0, 0.05) is 30.1 Å². The van der Waals surface area contributed by atoms with Gasteiger partial charge in [0.25, 0.3) is 5.91 Å². The summed E-state index contributed by atoms with van der Waals surface area (Å²) < 4.78 is 9.74. The fraction of sp³-hybridized carbons (Fsp3) is 0.478. The van der Waals surface area contributed by atoms with Crippen LogP contribution in [-0.4, -0.2) is 71.0 Å². The molecule has 2 N–H and O–H groups in total. The Morgan fingerprint density at radius 1 is 1.20 bits per heavy atom. The maximum atomic E-state index is 12.7. The Bertz CT molecular complexity index is 991. The highest BCUT2D eigenvalue weighted by Gasteiger charge is 2.39. The lowest BCUT2D eigenvalue weighted by molar-refractivity contribution is -0.173.